The zero-order valence-electron chi connectivity index (χ0n) is 15.4. The summed E-state index contributed by atoms with van der Waals surface area (Å²) < 4.78 is 28.5. The van der Waals surface area contributed by atoms with Crippen LogP contribution >= 0.6 is 0 Å². The number of sulfonamides is 1. The lowest BCUT2D eigenvalue weighted by atomic mass is 9.95. The molecule has 27 heavy (non-hydrogen) atoms. The number of anilines is 1. The monoisotopic (exact) mass is 384 g/mol. The van der Waals surface area contributed by atoms with E-state index in [1.807, 2.05) is 17.0 Å². The molecule has 142 valence electrons. The van der Waals surface area contributed by atoms with E-state index in [2.05, 4.69) is 17.7 Å². The van der Waals surface area contributed by atoms with E-state index >= 15 is 0 Å². The van der Waals surface area contributed by atoms with E-state index < -0.39 is 15.6 Å². The average Bonchev–Trinajstić information content (AvgIpc) is 3.44. The second kappa shape index (κ2) is 6.77. The van der Waals surface area contributed by atoms with Crippen molar-refractivity contribution in [3.63, 3.8) is 0 Å². The number of carbonyl (C=O) groups excluding carboxylic acids is 1. The smallest absolute Gasteiger partial charge is 0.241 e. The van der Waals surface area contributed by atoms with E-state index in [0.29, 0.717) is 12.8 Å². The van der Waals surface area contributed by atoms with Crippen molar-refractivity contribution in [3.8, 4) is 0 Å². The van der Waals surface area contributed by atoms with Crippen LogP contribution in [0.4, 0.5) is 5.69 Å². The molecule has 0 saturated heterocycles. The van der Waals surface area contributed by atoms with Gasteiger partial charge in [0.1, 0.15) is 0 Å². The number of rotatable bonds is 6. The third-order valence-corrected chi connectivity index (χ3v) is 6.96. The number of carbonyl (C=O) groups is 1. The van der Waals surface area contributed by atoms with Gasteiger partial charge in [-0.2, -0.15) is 0 Å². The summed E-state index contributed by atoms with van der Waals surface area (Å²) in [7, 11) is -3.57. The van der Waals surface area contributed by atoms with Crippen LogP contribution in [0.15, 0.2) is 53.4 Å². The van der Waals surface area contributed by atoms with Gasteiger partial charge in [0, 0.05) is 18.7 Å². The van der Waals surface area contributed by atoms with Gasteiger partial charge in [-0.25, -0.2) is 13.1 Å². The van der Waals surface area contributed by atoms with Gasteiger partial charge in [-0.15, -0.1) is 0 Å². The molecule has 0 spiro atoms. The average molecular weight is 385 g/mol. The van der Waals surface area contributed by atoms with Crippen molar-refractivity contribution < 1.29 is 13.2 Å². The number of hydrogen-bond acceptors (Lipinski definition) is 3. The van der Waals surface area contributed by atoms with Gasteiger partial charge in [-0.1, -0.05) is 37.3 Å². The fourth-order valence-electron chi connectivity index (χ4n) is 3.82. The lowest BCUT2D eigenvalue weighted by Gasteiger charge is -2.30. The molecule has 1 fully saturated rings. The van der Waals surface area contributed by atoms with Crippen LogP contribution in [0.2, 0.25) is 0 Å². The number of hydrogen-bond donors (Lipinski definition) is 1. The van der Waals surface area contributed by atoms with Crippen molar-refractivity contribution in [2.75, 3.05) is 11.4 Å². The molecule has 1 heterocycles. The Labute approximate surface area is 160 Å². The summed E-state index contributed by atoms with van der Waals surface area (Å²) >= 11 is 0. The van der Waals surface area contributed by atoms with Gasteiger partial charge < -0.3 is 4.90 Å². The number of aryl methyl sites for hydroxylation is 1. The molecule has 1 saturated carbocycles. The first kappa shape index (κ1) is 18.2. The van der Waals surface area contributed by atoms with E-state index in [4.69, 9.17) is 0 Å². The first-order valence-electron chi connectivity index (χ1n) is 9.48. The zero-order valence-corrected chi connectivity index (χ0v) is 16.3. The van der Waals surface area contributed by atoms with Crippen molar-refractivity contribution in [1.82, 2.24) is 4.72 Å². The minimum absolute atomic E-state index is 0.169. The van der Waals surface area contributed by atoms with Crippen LogP contribution in [0.3, 0.4) is 0 Å². The van der Waals surface area contributed by atoms with Crippen LogP contribution in [0.25, 0.3) is 0 Å². The van der Waals surface area contributed by atoms with Crippen molar-refractivity contribution in [3.05, 3.63) is 59.7 Å². The van der Waals surface area contributed by atoms with Crippen molar-refractivity contribution in [1.29, 1.82) is 0 Å². The van der Waals surface area contributed by atoms with Crippen molar-refractivity contribution in [2.24, 2.45) is 0 Å². The molecule has 4 rings (SSSR count). The van der Waals surface area contributed by atoms with Crippen molar-refractivity contribution in [2.45, 2.75) is 49.5 Å². The van der Waals surface area contributed by atoms with Gasteiger partial charge in [0.25, 0.3) is 0 Å². The fourth-order valence-corrected chi connectivity index (χ4v) is 5.29. The van der Waals surface area contributed by atoms with Gasteiger partial charge in [-0.3, -0.25) is 4.79 Å². The highest BCUT2D eigenvalue weighted by Gasteiger charge is 2.48. The van der Waals surface area contributed by atoms with E-state index in [9.17, 15) is 13.2 Å². The largest absolute Gasteiger partial charge is 0.312 e. The molecular weight excluding hydrogens is 360 g/mol. The number of fused-ring (bicyclic) bond motifs is 1. The Bertz CT molecular complexity index is 966. The lowest BCUT2D eigenvalue weighted by molar-refractivity contribution is -0.118. The number of nitrogens with zero attached hydrogens (tertiary/aromatic N) is 1. The molecule has 1 N–H and O–H groups in total. The summed E-state index contributed by atoms with van der Waals surface area (Å²) in [5.74, 6) is 0.169. The van der Waals surface area contributed by atoms with Crippen LogP contribution in [-0.2, 0) is 26.8 Å². The third-order valence-electron chi connectivity index (χ3n) is 5.41. The van der Waals surface area contributed by atoms with Gasteiger partial charge in [0.05, 0.1) is 10.4 Å². The molecule has 2 aromatic rings. The van der Waals surface area contributed by atoms with E-state index in [0.717, 1.165) is 42.6 Å². The highest BCUT2D eigenvalue weighted by Crippen LogP contribution is 2.48. The molecule has 0 bridgehead atoms. The summed E-state index contributed by atoms with van der Waals surface area (Å²) in [6.45, 7) is 2.78. The molecular formula is C21H24N2O3S. The highest BCUT2D eigenvalue weighted by atomic mass is 32.2. The molecule has 1 aliphatic heterocycles. The Hall–Kier alpha value is -2.18. The Morgan fingerprint density at radius 3 is 2.48 bits per heavy atom. The summed E-state index contributed by atoms with van der Waals surface area (Å²) in [6, 6.07) is 14.5. The van der Waals surface area contributed by atoms with Crippen molar-refractivity contribution >= 4 is 21.6 Å². The summed E-state index contributed by atoms with van der Waals surface area (Å²) in [4.78, 5) is 14.4. The maximum absolute atomic E-state index is 12.8. The predicted octanol–water partition coefficient (Wildman–Crippen LogP) is 3.34. The molecule has 2 aliphatic rings. The Kier molecular flexibility index (Phi) is 4.56. The standard InChI is InChI=1S/C21H24N2O3S/c1-2-14-23-19-10-9-17(15-16(19)8-11-20(23)24)21(12-13-21)22-27(25,26)18-6-4-3-5-7-18/h3-7,9-10,15,22H,2,8,11-14H2,1H3. The Balaban J connectivity index is 1.63. The minimum atomic E-state index is -3.57. The molecule has 0 radical (unpaired) electrons. The van der Waals surface area contributed by atoms with Crippen LogP contribution in [-0.4, -0.2) is 20.9 Å². The normalized spacial score (nSPS) is 18.3. The first-order valence-corrected chi connectivity index (χ1v) is 11.0. The molecule has 5 nitrogen and oxygen atoms in total. The molecule has 0 atom stereocenters. The second-order valence-corrected chi connectivity index (χ2v) is 9.07. The topological polar surface area (TPSA) is 66.5 Å². The third kappa shape index (κ3) is 3.39. The quantitative estimate of drug-likeness (QED) is 0.831. The zero-order chi connectivity index (χ0) is 19.1. The number of nitrogens with one attached hydrogen (secondary N) is 1. The molecule has 1 aliphatic carbocycles. The highest BCUT2D eigenvalue weighted by molar-refractivity contribution is 7.89. The molecule has 2 aromatic carbocycles. The minimum Gasteiger partial charge on any atom is -0.312 e. The summed E-state index contributed by atoms with van der Waals surface area (Å²) in [6.07, 6.45) is 3.71. The Morgan fingerprint density at radius 1 is 1.07 bits per heavy atom. The van der Waals surface area contributed by atoms with Gasteiger partial charge in [0.2, 0.25) is 15.9 Å². The molecule has 1 amide bonds. The maximum atomic E-state index is 12.8. The van der Waals surface area contributed by atoms with Gasteiger partial charge in [-0.05, 0) is 55.0 Å². The van der Waals surface area contributed by atoms with Crippen LogP contribution < -0.4 is 9.62 Å². The van der Waals surface area contributed by atoms with E-state index in [1.54, 1.807) is 30.3 Å². The fraction of sp³-hybridized carbons (Fsp3) is 0.381. The molecule has 0 unspecified atom stereocenters. The number of benzene rings is 2. The van der Waals surface area contributed by atoms with Crippen LogP contribution in [0.5, 0.6) is 0 Å². The Morgan fingerprint density at radius 2 is 1.81 bits per heavy atom. The summed E-state index contributed by atoms with van der Waals surface area (Å²) in [5, 5.41) is 0. The molecule has 0 aromatic heterocycles. The lowest BCUT2D eigenvalue weighted by Crippen LogP contribution is -2.37. The van der Waals surface area contributed by atoms with Gasteiger partial charge >= 0.3 is 0 Å². The molecule has 6 heteroatoms. The van der Waals surface area contributed by atoms with Crippen LogP contribution in [0.1, 0.15) is 43.7 Å². The van der Waals surface area contributed by atoms with Crippen LogP contribution in [0, 0.1) is 0 Å². The van der Waals surface area contributed by atoms with E-state index in [-0.39, 0.29) is 10.8 Å². The predicted molar refractivity (Wildman–Crippen MR) is 105 cm³/mol. The second-order valence-electron chi connectivity index (χ2n) is 7.39. The SMILES string of the molecule is CCCN1C(=O)CCc2cc(C3(NS(=O)(=O)c4ccccc4)CC3)ccc21. The first-order chi connectivity index (χ1) is 13.0. The van der Waals surface area contributed by atoms with Gasteiger partial charge in [0.15, 0.2) is 0 Å². The number of amides is 1. The maximum Gasteiger partial charge on any atom is 0.241 e. The van der Waals surface area contributed by atoms with E-state index in [1.165, 1.54) is 0 Å². The summed E-state index contributed by atoms with van der Waals surface area (Å²) in [5.41, 5.74) is 2.57.